The zero-order valence-electron chi connectivity index (χ0n) is 17.7. The molecule has 1 heterocycles. The van der Waals surface area contributed by atoms with Gasteiger partial charge in [0.15, 0.2) is 5.16 Å². The molecule has 0 bridgehead atoms. The van der Waals surface area contributed by atoms with Gasteiger partial charge in [0, 0.05) is 17.9 Å². The number of carbonyl (C=O) groups is 3. The molecule has 1 aromatic heterocycles. The molecular formula is C22H23N5O4S. The Hall–Kier alpha value is -3.66. The molecule has 0 spiro atoms. The molecule has 9 nitrogen and oxygen atoms in total. The second-order valence-electron chi connectivity index (χ2n) is 6.64. The first-order valence-electron chi connectivity index (χ1n) is 9.88. The average molecular weight is 454 g/mol. The summed E-state index contributed by atoms with van der Waals surface area (Å²) in [5.74, 6) is -0.210. The summed E-state index contributed by atoms with van der Waals surface area (Å²) in [6.07, 6.45) is 0.0784. The molecule has 166 valence electrons. The second kappa shape index (κ2) is 11.1. The van der Waals surface area contributed by atoms with Gasteiger partial charge in [-0.3, -0.25) is 9.59 Å². The number of ether oxygens (including phenoxy) is 1. The highest BCUT2D eigenvalue weighted by Gasteiger charge is 2.16. The second-order valence-corrected chi connectivity index (χ2v) is 7.58. The van der Waals surface area contributed by atoms with Crippen LogP contribution in [0, 0.1) is 0 Å². The molecule has 0 fully saturated rings. The van der Waals surface area contributed by atoms with E-state index in [4.69, 9.17) is 0 Å². The largest absolute Gasteiger partial charge is 0.465 e. The number of para-hydroxylation sites is 1. The van der Waals surface area contributed by atoms with Crippen LogP contribution in [0.15, 0.2) is 59.8 Å². The van der Waals surface area contributed by atoms with Crippen LogP contribution in [-0.4, -0.2) is 45.4 Å². The maximum atomic E-state index is 12.3. The fourth-order valence-corrected chi connectivity index (χ4v) is 3.70. The Morgan fingerprint density at radius 1 is 0.938 bits per heavy atom. The molecule has 2 amide bonds. The highest BCUT2D eigenvalue weighted by molar-refractivity contribution is 7.99. The smallest absolute Gasteiger partial charge is 0.337 e. The molecule has 0 aliphatic heterocycles. The number of nitrogens with zero attached hydrogens (tertiary/aromatic N) is 3. The number of esters is 1. The number of carbonyl (C=O) groups excluding carboxylic acids is 3. The van der Waals surface area contributed by atoms with E-state index in [-0.39, 0.29) is 24.0 Å². The molecule has 0 radical (unpaired) electrons. The zero-order valence-corrected chi connectivity index (χ0v) is 18.5. The molecule has 0 saturated carbocycles. The number of benzene rings is 2. The van der Waals surface area contributed by atoms with Gasteiger partial charge in [-0.25, -0.2) is 4.79 Å². The molecule has 2 N–H and O–H groups in total. The molecule has 0 unspecified atom stereocenters. The summed E-state index contributed by atoms with van der Waals surface area (Å²) in [4.78, 5) is 36.1. The zero-order chi connectivity index (χ0) is 22.9. The predicted octanol–water partition coefficient (Wildman–Crippen LogP) is 3.00. The first-order valence-corrected chi connectivity index (χ1v) is 10.9. The van der Waals surface area contributed by atoms with Gasteiger partial charge in [-0.15, -0.1) is 10.2 Å². The number of thioether (sulfide) groups is 1. The molecule has 3 rings (SSSR count). The Balaban J connectivity index is 1.54. The summed E-state index contributed by atoms with van der Waals surface area (Å²) in [5, 5.41) is 14.4. The van der Waals surface area contributed by atoms with Gasteiger partial charge in [-0.1, -0.05) is 30.0 Å². The third-order valence-corrected chi connectivity index (χ3v) is 5.37. The monoisotopic (exact) mass is 453 g/mol. The number of anilines is 2. The topological polar surface area (TPSA) is 115 Å². The van der Waals surface area contributed by atoms with Crippen molar-refractivity contribution in [1.82, 2.24) is 14.8 Å². The molecule has 10 heteroatoms. The summed E-state index contributed by atoms with van der Waals surface area (Å²) in [7, 11) is 1.31. The van der Waals surface area contributed by atoms with Crippen molar-refractivity contribution in [2.75, 3.05) is 23.5 Å². The molecule has 0 atom stereocenters. The lowest BCUT2D eigenvalue weighted by Crippen LogP contribution is -2.18. The molecule has 32 heavy (non-hydrogen) atoms. The lowest BCUT2D eigenvalue weighted by molar-refractivity contribution is -0.116. The number of nitrogens with one attached hydrogen (secondary N) is 2. The Bertz CT molecular complexity index is 1080. The Morgan fingerprint density at radius 3 is 2.25 bits per heavy atom. The number of hydrogen-bond donors (Lipinski definition) is 2. The molecule has 3 aromatic rings. The minimum absolute atomic E-state index is 0.0784. The van der Waals surface area contributed by atoms with Crippen molar-refractivity contribution in [3.63, 3.8) is 0 Å². The van der Waals surface area contributed by atoms with Crippen molar-refractivity contribution in [3.05, 3.63) is 66.0 Å². The molecule has 0 saturated heterocycles. The summed E-state index contributed by atoms with van der Waals surface area (Å²) in [6.45, 7) is 2.49. The van der Waals surface area contributed by atoms with Crippen molar-refractivity contribution in [3.8, 4) is 0 Å². The van der Waals surface area contributed by atoms with E-state index >= 15 is 0 Å². The van der Waals surface area contributed by atoms with Crippen molar-refractivity contribution >= 4 is 40.9 Å². The standard InChI is InChI=1S/C22H23N5O4S/c1-3-27-18(13-19(28)23-16-7-5-4-6-8-16)25-26-22(27)32-14-20(29)24-17-11-9-15(10-12-17)21(30)31-2/h4-12H,3,13-14H2,1-2H3,(H,23,28)(H,24,29). The van der Waals surface area contributed by atoms with Crippen LogP contribution in [0.25, 0.3) is 0 Å². The van der Waals surface area contributed by atoms with Crippen LogP contribution >= 0.6 is 11.8 Å². The normalized spacial score (nSPS) is 10.4. The van der Waals surface area contributed by atoms with Crippen LogP contribution in [0.5, 0.6) is 0 Å². The van der Waals surface area contributed by atoms with Gasteiger partial charge < -0.3 is 19.9 Å². The van der Waals surface area contributed by atoms with E-state index in [2.05, 4.69) is 25.6 Å². The molecule has 0 aliphatic carbocycles. The first kappa shape index (κ1) is 23.0. The molecular weight excluding hydrogens is 430 g/mol. The highest BCUT2D eigenvalue weighted by Crippen LogP contribution is 2.19. The van der Waals surface area contributed by atoms with Gasteiger partial charge >= 0.3 is 5.97 Å². The summed E-state index contributed by atoms with van der Waals surface area (Å²) >= 11 is 1.23. The Labute approximate surface area is 189 Å². The highest BCUT2D eigenvalue weighted by atomic mass is 32.2. The van der Waals surface area contributed by atoms with Gasteiger partial charge in [-0.2, -0.15) is 0 Å². The maximum Gasteiger partial charge on any atom is 0.337 e. The van der Waals surface area contributed by atoms with E-state index in [1.807, 2.05) is 41.8 Å². The van der Waals surface area contributed by atoms with Crippen LogP contribution in [0.1, 0.15) is 23.1 Å². The molecule has 0 aliphatic rings. The lowest BCUT2D eigenvalue weighted by Gasteiger charge is -2.09. The summed E-state index contributed by atoms with van der Waals surface area (Å²) < 4.78 is 6.47. The Morgan fingerprint density at radius 2 is 1.59 bits per heavy atom. The van der Waals surface area contributed by atoms with Gasteiger partial charge in [-0.05, 0) is 43.3 Å². The van der Waals surface area contributed by atoms with E-state index < -0.39 is 5.97 Å². The number of rotatable bonds is 9. The molecule has 2 aromatic carbocycles. The predicted molar refractivity (Wildman–Crippen MR) is 122 cm³/mol. The third-order valence-electron chi connectivity index (χ3n) is 4.41. The van der Waals surface area contributed by atoms with E-state index in [1.54, 1.807) is 24.3 Å². The minimum Gasteiger partial charge on any atom is -0.465 e. The van der Waals surface area contributed by atoms with Crippen LogP contribution in [-0.2, 0) is 27.3 Å². The quantitative estimate of drug-likeness (QED) is 0.378. The summed E-state index contributed by atoms with van der Waals surface area (Å²) in [6, 6.07) is 15.6. The fraction of sp³-hybridized carbons (Fsp3) is 0.227. The van der Waals surface area contributed by atoms with Gasteiger partial charge in [0.2, 0.25) is 11.8 Å². The van der Waals surface area contributed by atoms with Crippen LogP contribution < -0.4 is 10.6 Å². The third kappa shape index (κ3) is 6.17. The number of hydrogen-bond acceptors (Lipinski definition) is 7. The van der Waals surface area contributed by atoms with Gasteiger partial charge in [0.25, 0.3) is 0 Å². The van der Waals surface area contributed by atoms with E-state index in [1.165, 1.54) is 18.9 Å². The SMILES string of the molecule is CCn1c(CC(=O)Nc2ccccc2)nnc1SCC(=O)Nc1ccc(C(=O)OC)cc1. The van der Waals surface area contributed by atoms with Crippen LogP contribution in [0.3, 0.4) is 0 Å². The number of amides is 2. The fourth-order valence-electron chi connectivity index (χ4n) is 2.88. The van der Waals surface area contributed by atoms with Crippen molar-refractivity contribution in [2.24, 2.45) is 0 Å². The summed E-state index contributed by atoms with van der Waals surface area (Å²) in [5.41, 5.74) is 1.68. The van der Waals surface area contributed by atoms with Crippen molar-refractivity contribution in [1.29, 1.82) is 0 Å². The van der Waals surface area contributed by atoms with E-state index in [9.17, 15) is 14.4 Å². The number of aromatic nitrogens is 3. The van der Waals surface area contributed by atoms with Crippen molar-refractivity contribution < 1.29 is 19.1 Å². The van der Waals surface area contributed by atoms with Gasteiger partial charge in [0.1, 0.15) is 5.82 Å². The van der Waals surface area contributed by atoms with Crippen LogP contribution in [0.4, 0.5) is 11.4 Å². The van der Waals surface area contributed by atoms with Crippen molar-refractivity contribution in [2.45, 2.75) is 25.0 Å². The minimum atomic E-state index is -0.439. The van der Waals surface area contributed by atoms with E-state index in [0.29, 0.717) is 34.5 Å². The Kier molecular flexibility index (Phi) is 7.98. The van der Waals surface area contributed by atoms with Crippen LogP contribution in [0.2, 0.25) is 0 Å². The van der Waals surface area contributed by atoms with Gasteiger partial charge in [0.05, 0.1) is 24.8 Å². The average Bonchev–Trinajstić information content (AvgIpc) is 3.19. The van der Waals surface area contributed by atoms with E-state index in [0.717, 1.165) is 0 Å². The lowest BCUT2D eigenvalue weighted by atomic mass is 10.2. The number of methoxy groups -OCH3 is 1. The first-order chi connectivity index (χ1) is 15.5. The maximum absolute atomic E-state index is 12.3.